The number of nitro benzene ring substituents is 1. The van der Waals surface area contributed by atoms with E-state index in [0.29, 0.717) is 4.88 Å². The van der Waals surface area contributed by atoms with E-state index in [9.17, 15) is 19.7 Å². The number of aromatic nitrogens is 2. The summed E-state index contributed by atoms with van der Waals surface area (Å²) in [7, 11) is 0. The minimum absolute atomic E-state index is 0.0723. The number of benzene rings is 1. The summed E-state index contributed by atoms with van der Waals surface area (Å²) in [5.41, 5.74) is -0.149. The van der Waals surface area contributed by atoms with Crippen molar-refractivity contribution in [2.24, 2.45) is 0 Å². The molecule has 0 spiro atoms. The van der Waals surface area contributed by atoms with Crippen molar-refractivity contribution in [3.8, 4) is 10.7 Å². The first-order chi connectivity index (χ1) is 12.0. The largest absolute Gasteiger partial charge is 0.442 e. The molecule has 0 bridgehead atoms. The number of nitrogens with zero attached hydrogens (tertiary/aromatic N) is 3. The SMILES string of the molecule is O=C(Cn1c(-c2cccs2)noc1=O)Nc1cc([N+](=O)[O-])ccc1Cl. The van der Waals surface area contributed by atoms with E-state index in [1.165, 1.54) is 23.5 Å². The van der Waals surface area contributed by atoms with E-state index < -0.39 is 16.6 Å². The molecule has 25 heavy (non-hydrogen) atoms. The third-order valence-corrected chi connectivity index (χ3v) is 4.36. The van der Waals surface area contributed by atoms with Crippen molar-refractivity contribution in [1.29, 1.82) is 0 Å². The number of anilines is 1. The van der Waals surface area contributed by atoms with Crippen molar-refractivity contribution in [1.82, 2.24) is 9.72 Å². The fourth-order valence-corrected chi connectivity index (χ4v) is 2.93. The number of carbonyl (C=O) groups excluding carboxylic acids is 1. The Morgan fingerprint density at radius 3 is 2.92 bits per heavy atom. The van der Waals surface area contributed by atoms with Crippen LogP contribution in [0.5, 0.6) is 0 Å². The molecule has 11 heteroatoms. The minimum atomic E-state index is -0.788. The van der Waals surface area contributed by atoms with Crippen molar-refractivity contribution in [3.63, 3.8) is 0 Å². The molecule has 3 aromatic rings. The second-order valence-corrected chi connectivity index (χ2v) is 6.16. The van der Waals surface area contributed by atoms with Crippen molar-refractivity contribution in [2.45, 2.75) is 6.54 Å². The number of nitrogens with one attached hydrogen (secondary N) is 1. The Morgan fingerprint density at radius 2 is 2.24 bits per heavy atom. The highest BCUT2D eigenvalue weighted by Crippen LogP contribution is 2.27. The lowest BCUT2D eigenvalue weighted by Gasteiger charge is -2.07. The number of non-ortho nitro benzene ring substituents is 1. The van der Waals surface area contributed by atoms with Crippen molar-refractivity contribution < 1.29 is 14.2 Å². The predicted octanol–water partition coefficient (Wildman–Crippen LogP) is 2.77. The van der Waals surface area contributed by atoms with Gasteiger partial charge < -0.3 is 5.32 Å². The van der Waals surface area contributed by atoms with Gasteiger partial charge in [0, 0.05) is 12.1 Å². The van der Waals surface area contributed by atoms with E-state index in [0.717, 1.165) is 10.6 Å². The maximum Gasteiger partial charge on any atom is 0.442 e. The third-order valence-electron chi connectivity index (χ3n) is 3.16. The Kier molecular flexibility index (Phi) is 4.63. The van der Waals surface area contributed by atoms with Crippen LogP contribution in [0.1, 0.15) is 0 Å². The second kappa shape index (κ2) is 6.87. The van der Waals surface area contributed by atoms with Gasteiger partial charge in [-0.15, -0.1) is 11.3 Å². The Bertz CT molecular complexity index is 995. The lowest BCUT2D eigenvalue weighted by molar-refractivity contribution is -0.384. The summed E-state index contributed by atoms with van der Waals surface area (Å²) in [6.45, 7) is -0.380. The monoisotopic (exact) mass is 380 g/mol. The first-order valence-electron chi connectivity index (χ1n) is 6.80. The van der Waals surface area contributed by atoms with Gasteiger partial charge in [-0.1, -0.05) is 22.8 Å². The average Bonchev–Trinajstić information content (AvgIpc) is 3.20. The molecule has 0 fully saturated rings. The molecule has 0 radical (unpaired) electrons. The first-order valence-corrected chi connectivity index (χ1v) is 8.05. The van der Waals surface area contributed by atoms with Crippen molar-refractivity contribution in [2.75, 3.05) is 5.32 Å². The number of amides is 1. The van der Waals surface area contributed by atoms with Crippen LogP contribution >= 0.6 is 22.9 Å². The van der Waals surface area contributed by atoms with Crippen LogP contribution in [0.2, 0.25) is 5.02 Å². The Hall–Kier alpha value is -2.98. The molecule has 0 saturated carbocycles. The maximum atomic E-state index is 12.2. The molecule has 0 aliphatic rings. The van der Waals surface area contributed by atoms with E-state index in [2.05, 4.69) is 15.0 Å². The topological polar surface area (TPSA) is 120 Å². The molecule has 1 amide bonds. The number of rotatable bonds is 5. The van der Waals surface area contributed by atoms with E-state index in [4.69, 9.17) is 11.6 Å². The molecule has 1 aromatic carbocycles. The zero-order chi connectivity index (χ0) is 18.0. The molecule has 128 valence electrons. The van der Waals surface area contributed by atoms with Crippen LogP contribution in [0.4, 0.5) is 11.4 Å². The number of carbonyl (C=O) groups is 1. The molecule has 2 heterocycles. The fourth-order valence-electron chi connectivity index (χ4n) is 2.05. The van der Waals surface area contributed by atoms with Crippen LogP contribution in [0.15, 0.2) is 45.0 Å². The number of thiophene rings is 1. The second-order valence-electron chi connectivity index (χ2n) is 4.80. The molecule has 0 aliphatic heterocycles. The molecular weight excluding hydrogens is 372 g/mol. The number of halogens is 1. The van der Waals surface area contributed by atoms with Gasteiger partial charge in [-0.2, -0.15) is 0 Å². The molecule has 0 aliphatic carbocycles. The number of hydrogen-bond acceptors (Lipinski definition) is 7. The smallest absolute Gasteiger partial charge is 0.323 e. The van der Waals surface area contributed by atoms with Crippen LogP contribution in [-0.2, 0) is 11.3 Å². The Labute approximate surface area is 148 Å². The van der Waals surface area contributed by atoms with Crippen molar-refractivity contribution >= 4 is 40.2 Å². The van der Waals surface area contributed by atoms with Gasteiger partial charge in [-0.25, -0.2) is 9.36 Å². The highest BCUT2D eigenvalue weighted by Gasteiger charge is 2.18. The van der Waals surface area contributed by atoms with Gasteiger partial charge >= 0.3 is 5.76 Å². The van der Waals surface area contributed by atoms with Gasteiger partial charge in [0.1, 0.15) is 6.54 Å². The standard InChI is InChI=1S/C14H9ClN4O5S/c15-9-4-3-8(19(22)23)6-10(9)16-12(20)7-18-13(17-24-14(18)21)11-2-1-5-25-11/h1-6H,7H2,(H,16,20). The summed E-state index contributed by atoms with van der Waals surface area (Å²) >= 11 is 7.27. The molecule has 0 atom stereocenters. The highest BCUT2D eigenvalue weighted by atomic mass is 35.5. The zero-order valence-electron chi connectivity index (χ0n) is 12.3. The Balaban J connectivity index is 1.83. The maximum absolute atomic E-state index is 12.2. The summed E-state index contributed by atoms with van der Waals surface area (Å²) in [6.07, 6.45) is 0. The normalized spacial score (nSPS) is 10.6. The Morgan fingerprint density at radius 1 is 1.44 bits per heavy atom. The quantitative estimate of drug-likeness (QED) is 0.536. The van der Waals surface area contributed by atoms with Crippen LogP contribution in [0, 0.1) is 10.1 Å². The lowest BCUT2D eigenvalue weighted by atomic mass is 10.2. The minimum Gasteiger partial charge on any atom is -0.323 e. The van der Waals surface area contributed by atoms with Gasteiger partial charge in [0.25, 0.3) is 5.69 Å². The van der Waals surface area contributed by atoms with E-state index in [1.807, 2.05) is 0 Å². The molecule has 9 nitrogen and oxygen atoms in total. The van der Waals surface area contributed by atoms with Gasteiger partial charge in [-0.3, -0.25) is 19.4 Å². The fraction of sp³-hybridized carbons (Fsp3) is 0.0714. The molecule has 3 rings (SSSR count). The molecule has 1 N–H and O–H groups in total. The molecule has 0 unspecified atom stereocenters. The third kappa shape index (κ3) is 3.59. The van der Waals surface area contributed by atoms with Crippen LogP contribution in [-0.4, -0.2) is 20.6 Å². The van der Waals surface area contributed by atoms with Crippen LogP contribution < -0.4 is 11.1 Å². The van der Waals surface area contributed by atoms with Gasteiger partial charge in [0.05, 0.1) is 20.5 Å². The number of nitro groups is 1. The molecular formula is C14H9ClN4O5S. The summed E-state index contributed by atoms with van der Waals surface area (Å²) in [6, 6.07) is 7.16. The van der Waals surface area contributed by atoms with Crippen molar-refractivity contribution in [3.05, 3.63) is 61.4 Å². The van der Waals surface area contributed by atoms with Gasteiger partial charge in [0.15, 0.2) is 5.82 Å². The summed E-state index contributed by atoms with van der Waals surface area (Å²) in [5.74, 6) is -1.17. The summed E-state index contributed by atoms with van der Waals surface area (Å²) < 4.78 is 5.68. The van der Waals surface area contributed by atoms with E-state index in [1.54, 1.807) is 17.5 Å². The first kappa shape index (κ1) is 16.9. The van der Waals surface area contributed by atoms with Gasteiger partial charge in [0.2, 0.25) is 5.91 Å². The van der Waals surface area contributed by atoms with Crippen LogP contribution in [0.25, 0.3) is 10.7 Å². The lowest BCUT2D eigenvalue weighted by Crippen LogP contribution is -2.25. The number of hydrogen-bond donors (Lipinski definition) is 1. The average molecular weight is 381 g/mol. The van der Waals surface area contributed by atoms with Crippen LogP contribution in [0.3, 0.4) is 0 Å². The zero-order valence-corrected chi connectivity index (χ0v) is 13.9. The van der Waals surface area contributed by atoms with E-state index >= 15 is 0 Å². The summed E-state index contributed by atoms with van der Waals surface area (Å²) in [5, 5.41) is 18.8. The molecule has 2 aromatic heterocycles. The summed E-state index contributed by atoms with van der Waals surface area (Å²) in [4.78, 5) is 34.9. The van der Waals surface area contributed by atoms with Gasteiger partial charge in [-0.05, 0) is 17.5 Å². The molecule has 0 saturated heterocycles. The predicted molar refractivity (Wildman–Crippen MR) is 90.8 cm³/mol. The highest BCUT2D eigenvalue weighted by molar-refractivity contribution is 7.13. The van der Waals surface area contributed by atoms with E-state index in [-0.39, 0.29) is 28.8 Å².